The van der Waals surface area contributed by atoms with Crippen LogP contribution in [0.3, 0.4) is 0 Å². The predicted octanol–water partition coefficient (Wildman–Crippen LogP) is 0.428. The summed E-state index contributed by atoms with van der Waals surface area (Å²) in [5, 5.41) is 2.72. The molecule has 1 aliphatic heterocycles. The van der Waals surface area contributed by atoms with E-state index in [-0.39, 0.29) is 18.4 Å². The van der Waals surface area contributed by atoms with Crippen LogP contribution in [0, 0.1) is 6.92 Å². The normalized spacial score (nSPS) is 15.8. The number of aryl methyl sites for hydroxylation is 1. The van der Waals surface area contributed by atoms with Crippen molar-refractivity contribution < 1.29 is 9.59 Å². The number of benzene rings is 1. The monoisotopic (exact) mass is 289 g/mol. The maximum Gasteiger partial charge on any atom is 0.242 e. The van der Waals surface area contributed by atoms with Crippen LogP contribution in [0.1, 0.15) is 11.1 Å². The molecule has 2 rings (SSSR count). The van der Waals surface area contributed by atoms with Crippen LogP contribution in [0.4, 0.5) is 0 Å². The van der Waals surface area contributed by atoms with Gasteiger partial charge in [0.2, 0.25) is 11.8 Å². The van der Waals surface area contributed by atoms with Crippen LogP contribution in [0.25, 0.3) is 0 Å². The van der Waals surface area contributed by atoms with Crippen LogP contribution < -0.4 is 5.32 Å². The maximum atomic E-state index is 12.0. The van der Waals surface area contributed by atoms with Gasteiger partial charge >= 0.3 is 0 Å². The second-order valence-corrected chi connectivity index (χ2v) is 5.63. The van der Waals surface area contributed by atoms with Crippen LogP contribution in [-0.4, -0.2) is 61.4 Å². The number of likely N-dealkylation sites (N-methyl/N-ethyl adjacent to an activating group) is 1. The molecule has 1 saturated heterocycles. The summed E-state index contributed by atoms with van der Waals surface area (Å²) in [6.07, 6.45) is 0.317. The molecule has 0 spiro atoms. The fourth-order valence-electron chi connectivity index (χ4n) is 2.41. The summed E-state index contributed by atoms with van der Waals surface area (Å²) >= 11 is 0. The van der Waals surface area contributed by atoms with Crippen LogP contribution in [-0.2, 0) is 16.0 Å². The molecule has 2 amide bonds. The average Bonchev–Trinajstić information content (AvgIpc) is 2.45. The minimum absolute atomic E-state index is 0.000641. The van der Waals surface area contributed by atoms with Gasteiger partial charge in [0.05, 0.1) is 13.0 Å². The molecule has 1 aromatic carbocycles. The number of nitrogens with one attached hydrogen (secondary N) is 1. The number of piperazine rings is 1. The Morgan fingerprint density at radius 2 is 1.90 bits per heavy atom. The standard InChI is InChI=1S/C16H23N3O2/c1-13-4-3-5-14(10-13)11-15(20)17-12-16(21)19-8-6-18(2)7-9-19/h3-5,10H,6-9,11-12H2,1-2H3,(H,17,20). The minimum Gasteiger partial charge on any atom is -0.347 e. The Balaban J connectivity index is 1.75. The summed E-state index contributed by atoms with van der Waals surface area (Å²) < 4.78 is 0. The SMILES string of the molecule is Cc1cccc(CC(=O)NCC(=O)N2CCN(C)CC2)c1. The summed E-state index contributed by atoms with van der Waals surface area (Å²) in [4.78, 5) is 27.9. The van der Waals surface area contributed by atoms with Crippen molar-refractivity contribution in [2.45, 2.75) is 13.3 Å². The van der Waals surface area contributed by atoms with Crippen molar-refractivity contribution in [1.29, 1.82) is 0 Å². The molecular formula is C16H23N3O2. The van der Waals surface area contributed by atoms with Gasteiger partial charge in [0, 0.05) is 26.2 Å². The molecule has 0 radical (unpaired) electrons. The second kappa shape index (κ2) is 7.22. The van der Waals surface area contributed by atoms with E-state index in [0.29, 0.717) is 6.42 Å². The van der Waals surface area contributed by atoms with Gasteiger partial charge < -0.3 is 15.1 Å². The van der Waals surface area contributed by atoms with Gasteiger partial charge in [-0.25, -0.2) is 0 Å². The third kappa shape index (κ3) is 4.86. The lowest BCUT2D eigenvalue weighted by Crippen LogP contribution is -2.50. The van der Waals surface area contributed by atoms with E-state index in [4.69, 9.17) is 0 Å². The van der Waals surface area contributed by atoms with Crippen molar-refractivity contribution in [3.63, 3.8) is 0 Å². The van der Waals surface area contributed by atoms with Crippen molar-refractivity contribution in [3.8, 4) is 0 Å². The highest BCUT2D eigenvalue weighted by atomic mass is 16.2. The number of amides is 2. The van der Waals surface area contributed by atoms with Crippen molar-refractivity contribution in [1.82, 2.24) is 15.1 Å². The number of nitrogens with zero attached hydrogens (tertiary/aromatic N) is 2. The molecule has 5 nitrogen and oxygen atoms in total. The Bertz CT molecular complexity index is 508. The lowest BCUT2D eigenvalue weighted by atomic mass is 10.1. The van der Waals surface area contributed by atoms with Gasteiger partial charge in [-0.1, -0.05) is 29.8 Å². The molecule has 1 aliphatic rings. The minimum atomic E-state index is -0.108. The fraction of sp³-hybridized carbons (Fsp3) is 0.500. The quantitative estimate of drug-likeness (QED) is 0.874. The third-order valence-corrected chi connectivity index (χ3v) is 3.74. The number of carbonyl (C=O) groups excluding carboxylic acids is 2. The van der Waals surface area contributed by atoms with E-state index < -0.39 is 0 Å². The molecule has 0 unspecified atom stereocenters. The van der Waals surface area contributed by atoms with E-state index in [0.717, 1.165) is 37.3 Å². The Morgan fingerprint density at radius 3 is 2.57 bits per heavy atom. The van der Waals surface area contributed by atoms with Gasteiger partial charge in [0.1, 0.15) is 0 Å². The Hall–Kier alpha value is -1.88. The molecule has 0 atom stereocenters. The molecule has 0 saturated carbocycles. The molecule has 0 bridgehead atoms. The molecule has 0 aromatic heterocycles. The Morgan fingerprint density at radius 1 is 1.19 bits per heavy atom. The van der Waals surface area contributed by atoms with E-state index in [1.54, 1.807) is 0 Å². The number of hydrogen-bond donors (Lipinski definition) is 1. The summed E-state index contributed by atoms with van der Waals surface area (Å²) in [6.45, 7) is 5.35. The van der Waals surface area contributed by atoms with Gasteiger partial charge in [-0.3, -0.25) is 9.59 Å². The van der Waals surface area contributed by atoms with Crippen molar-refractivity contribution in [2.75, 3.05) is 39.8 Å². The summed E-state index contributed by atoms with van der Waals surface area (Å²) in [6, 6.07) is 7.85. The maximum absolute atomic E-state index is 12.0. The molecule has 114 valence electrons. The number of hydrogen-bond acceptors (Lipinski definition) is 3. The lowest BCUT2D eigenvalue weighted by molar-refractivity contribution is -0.134. The summed E-state index contributed by atoms with van der Waals surface area (Å²) in [7, 11) is 2.05. The average molecular weight is 289 g/mol. The highest BCUT2D eigenvalue weighted by Gasteiger charge is 2.19. The second-order valence-electron chi connectivity index (χ2n) is 5.63. The zero-order valence-corrected chi connectivity index (χ0v) is 12.8. The van der Waals surface area contributed by atoms with Gasteiger partial charge in [-0.15, -0.1) is 0 Å². The topological polar surface area (TPSA) is 52.7 Å². The molecule has 21 heavy (non-hydrogen) atoms. The molecule has 1 N–H and O–H groups in total. The first-order valence-electron chi connectivity index (χ1n) is 7.33. The van der Waals surface area contributed by atoms with E-state index >= 15 is 0 Å². The van der Waals surface area contributed by atoms with Gasteiger partial charge in [0.15, 0.2) is 0 Å². The molecule has 1 aromatic rings. The first-order valence-corrected chi connectivity index (χ1v) is 7.33. The zero-order valence-electron chi connectivity index (χ0n) is 12.8. The number of rotatable bonds is 4. The van der Waals surface area contributed by atoms with Gasteiger partial charge in [0.25, 0.3) is 0 Å². The highest BCUT2D eigenvalue weighted by molar-refractivity contribution is 5.85. The fourth-order valence-corrected chi connectivity index (χ4v) is 2.41. The van der Waals surface area contributed by atoms with Crippen molar-refractivity contribution in [3.05, 3.63) is 35.4 Å². The smallest absolute Gasteiger partial charge is 0.242 e. The van der Waals surface area contributed by atoms with E-state index in [9.17, 15) is 9.59 Å². The van der Waals surface area contributed by atoms with Gasteiger partial charge in [-0.05, 0) is 19.5 Å². The zero-order chi connectivity index (χ0) is 15.2. The van der Waals surface area contributed by atoms with Crippen LogP contribution in [0.2, 0.25) is 0 Å². The Labute approximate surface area is 125 Å². The summed E-state index contributed by atoms with van der Waals surface area (Å²) in [5.74, 6) is -0.108. The predicted molar refractivity (Wildman–Crippen MR) is 82.0 cm³/mol. The molecule has 1 fully saturated rings. The summed E-state index contributed by atoms with van der Waals surface area (Å²) in [5.41, 5.74) is 2.10. The Kier molecular flexibility index (Phi) is 5.33. The number of carbonyl (C=O) groups is 2. The molecular weight excluding hydrogens is 266 g/mol. The first-order chi connectivity index (χ1) is 10.0. The first kappa shape index (κ1) is 15.5. The van der Waals surface area contributed by atoms with Crippen LogP contribution in [0.5, 0.6) is 0 Å². The van der Waals surface area contributed by atoms with Gasteiger partial charge in [-0.2, -0.15) is 0 Å². The van der Waals surface area contributed by atoms with Crippen LogP contribution in [0.15, 0.2) is 24.3 Å². The third-order valence-electron chi connectivity index (χ3n) is 3.74. The van der Waals surface area contributed by atoms with E-state index in [2.05, 4.69) is 10.2 Å². The largest absolute Gasteiger partial charge is 0.347 e. The van der Waals surface area contributed by atoms with Crippen molar-refractivity contribution in [2.24, 2.45) is 0 Å². The lowest BCUT2D eigenvalue weighted by Gasteiger charge is -2.32. The highest BCUT2D eigenvalue weighted by Crippen LogP contribution is 2.04. The van der Waals surface area contributed by atoms with Crippen molar-refractivity contribution >= 4 is 11.8 Å². The van der Waals surface area contributed by atoms with Crippen LogP contribution >= 0.6 is 0 Å². The van der Waals surface area contributed by atoms with E-state index in [1.165, 1.54) is 0 Å². The molecule has 5 heteroatoms. The molecule has 1 heterocycles. The molecule has 0 aliphatic carbocycles. The van der Waals surface area contributed by atoms with E-state index in [1.807, 2.05) is 43.1 Å².